The minimum absolute atomic E-state index is 0.0190. The number of nitrogens with two attached hydrogens (primary N) is 1. The number of pyridine rings is 1. The topological polar surface area (TPSA) is 194 Å². The van der Waals surface area contributed by atoms with Crippen molar-refractivity contribution >= 4 is 46.8 Å². The number of quaternary nitrogens is 1. The summed E-state index contributed by atoms with van der Waals surface area (Å²) in [5.41, 5.74) is 4.87. The van der Waals surface area contributed by atoms with E-state index in [0.717, 1.165) is 30.5 Å². The van der Waals surface area contributed by atoms with Gasteiger partial charge in [-0.15, -0.1) is 0 Å². The first kappa shape index (κ1) is 39.7. The molecule has 3 aliphatic heterocycles. The van der Waals surface area contributed by atoms with E-state index in [2.05, 4.69) is 25.7 Å². The van der Waals surface area contributed by atoms with Crippen LogP contribution in [0, 0.1) is 11.8 Å². The first-order valence-electron chi connectivity index (χ1n) is 18.5. The van der Waals surface area contributed by atoms with Gasteiger partial charge in [0.05, 0.1) is 53.4 Å². The predicted molar refractivity (Wildman–Crippen MR) is 201 cm³/mol. The quantitative estimate of drug-likeness (QED) is 0.173. The number of nitrogens with one attached hydrogen (secondary N) is 2. The number of imidazole rings is 1. The summed E-state index contributed by atoms with van der Waals surface area (Å²) in [6.45, 7) is 5.25. The number of hydrogen-bond donors (Lipinski definition) is 4. The summed E-state index contributed by atoms with van der Waals surface area (Å²) in [4.78, 5) is 63.3. The highest BCUT2D eigenvalue weighted by molar-refractivity contribution is 6.34. The molecule has 302 valence electrons. The molecule has 20 heteroatoms. The summed E-state index contributed by atoms with van der Waals surface area (Å²) in [5, 5.41) is 19.3. The molecule has 0 saturated carbocycles. The third-order valence-electron chi connectivity index (χ3n) is 11.1. The lowest BCUT2D eigenvalue weighted by atomic mass is 9.90. The van der Waals surface area contributed by atoms with Crippen molar-refractivity contribution in [3.8, 4) is 16.9 Å². The standard InChI is InChI=1S/C37H41ClF3N11O5/c1-48-29(27-19-51(47-32(27)37(39,40)41)25-4-7-44-30(42)15-25)18-45-33(48)34(55)46-24-2-3-26(28(38)14-24)36(57)50-10-8-49(9-11-50)35(56)23-5-12-52(13-6-23,21-31(53)54)20-22-16-43-17-22/h2-4,7,14-15,18-19,22-23,43H,5-6,8-13,16-17,20-21H2,1H3,(H3-,42,44,46,53,54,55,57)/p+1. The van der Waals surface area contributed by atoms with Gasteiger partial charge < -0.3 is 40.3 Å². The molecule has 3 saturated heterocycles. The molecule has 0 atom stereocenters. The number of anilines is 2. The van der Waals surface area contributed by atoms with Gasteiger partial charge in [0.15, 0.2) is 18.1 Å². The summed E-state index contributed by atoms with van der Waals surface area (Å²) in [7, 11) is 1.40. The second-order valence-electron chi connectivity index (χ2n) is 14.9. The Labute approximate surface area is 330 Å². The van der Waals surface area contributed by atoms with Gasteiger partial charge in [0.2, 0.25) is 5.91 Å². The van der Waals surface area contributed by atoms with Gasteiger partial charge in [-0.2, -0.15) is 18.3 Å². The van der Waals surface area contributed by atoms with E-state index < -0.39 is 23.7 Å². The second-order valence-corrected chi connectivity index (χ2v) is 15.3. The van der Waals surface area contributed by atoms with Crippen LogP contribution in [0.5, 0.6) is 0 Å². The summed E-state index contributed by atoms with van der Waals surface area (Å²) >= 11 is 6.54. The minimum atomic E-state index is -4.83. The number of nitrogen functional groups attached to an aromatic ring is 1. The highest BCUT2D eigenvalue weighted by atomic mass is 35.5. The lowest BCUT2D eigenvalue weighted by Crippen LogP contribution is -2.62. The first-order chi connectivity index (χ1) is 27.1. The van der Waals surface area contributed by atoms with E-state index in [1.54, 1.807) is 9.80 Å². The number of carbonyl (C=O) groups is 4. The summed E-state index contributed by atoms with van der Waals surface area (Å²) < 4.78 is 45.0. The van der Waals surface area contributed by atoms with Crippen LogP contribution in [0.2, 0.25) is 5.02 Å². The maximum atomic E-state index is 14.1. The fourth-order valence-electron chi connectivity index (χ4n) is 7.94. The highest BCUT2D eigenvalue weighted by Gasteiger charge is 2.42. The number of aromatic nitrogens is 5. The average molecular weight is 813 g/mol. The van der Waals surface area contributed by atoms with Crippen molar-refractivity contribution in [1.29, 1.82) is 0 Å². The molecular weight excluding hydrogens is 771 g/mol. The molecular formula is C37H42ClF3N11O5+. The van der Waals surface area contributed by atoms with Gasteiger partial charge in [-0.25, -0.2) is 19.4 Å². The Hall–Kier alpha value is -5.53. The molecule has 3 amide bonds. The lowest BCUT2D eigenvalue weighted by Gasteiger charge is -2.46. The number of piperazine rings is 1. The van der Waals surface area contributed by atoms with Gasteiger partial charge in [-0.05, 0) is 24.3 Å². The van der Waals surface area contributed by atoms with Crippen LogP contribution in [0.4, 0.5) is 24.7 Å². The Kier molecular flexibility index (Phi) is 11.0. The van der Waals surface area contributed by atoms with Gasteiger partial charge in [-0.1, -0.05) is 11.6 Å². The third-order valence-corrected chi connectivity index (χ3v) is 11.4. The number of halogens is 4. The van der Waals surface area contributed by atoms with Crippen LogP contribution in [0.25, 0.3) is 16.9 Å². The normalized spacial score (nSPS) is 20.3. The number of rotatable bonds is 10. The first-order valence-corrected chi connectivity index (χ1v) is 18.9. The van der Waals surface area contributed by atoms with Crippen molar-refractivity contribution in [1.82, 2.24) is 39.4 Å². The van der Waals surface area contributed by atoms with E-state index in [-0.39, 0.29) is 69.1 Å². The van der Waals surface area contributed by atoms with Crippen LogP contribution >= 0.6 is 11.6 Å². The molecule has 0 spiro atoms. The van der Waals surface area contributed by atoms with Crippen LogP contribution in [-0.4, -0.2) is 133 Å². The van der Waals surface area contributed by atoms with Crippen LogP contribution < -0.4 is 16.4 Å². The lowest BCUT2D eigenvalue weighted by molar-refractivity contribution is -0.929. The van der Waals surface area contributed by atoms with Crippen LogP contribution in [0.3, 0.4) is 0 Å². The van der Waals surface area contributed by atoms with E-state index in [1.165, 1.54) is 54.3 Å². The molecule has 3 fully saturated rings. The highest BCUT2D eigenvalue weighted by Crippen LogP contribution is 2.37. The molecule has 3 aromatic heterocycles. The van der Waals surface area contributed by atoms with Crippen LogP contribution in [0.15, 0.2) is 48.9 Å². The Bertz CT molecular complexity index is 2190. The summed E-state index contributed by atoms with van der Waals surface area (Å²) in [5.74, 6) is -1.69. The van der Waals surface area contributed by atoms with E-state index in [4.69, 9.17) is 17.3 Å². The predicted octanol–water partition coefficient (Wildman–Crippen LogP) is 2.99. The maximum absolute atomic E-state index is 14.1. The molecule has 0 unspecified atom stereocenters. The third kappa shape index (κ3) is 8.45. The zero-order valence-electron chi connectivity index (χ0n) is 31.0. The number of carboxylic acid groups (broad SMARTS) is 1. The van der Waals surface area contributed by atoms with Gasteiger partial charge in [0, 0.05) is 95.1 Å². The Morgan fingerprint density at radius 2 is 1.74 bits per heavy atom. The molecule has 6 heterocycles. The average Bonchev–Trinajstić information content (AvgIpc) is 3.77. The van der Waals surface area contributed by atoms with Crippen molar-refractivity contribution < 1.29 is 41.9 Å². The molecule has 4 aromatic rings. The Balaban J connectivity index is 0.956. The fourth-order valence-corrected chi connectivity index (χ4v) is 8.21. The van der Waals surface area contributed by atoms with Crippen molar-refractivity contribution in [3.05, 3.63) is 71.0 Å². The molecule has 16 nitrogen and oxygen atoms in total. The monoisotopic (exact) mass is 812 g/mol. The van der Waals surface area contributed by atoms with Crippen molar-refractivity contribution in [2.45, 2.75) is 19.0 Å². The van der Waals surface area contributed by atoms with Gasteiger partial charge in [0.1, 0.15) is 5.82 Å². The van der Waals surface area contributed by atoms with Gasteiger partial charge >= 0.3 is 12.1 Å². The van der Waals surface area contributed by atoms with Crippen LogP contribution in [-0.2, 0) is 22.8 Å². The maximum Gasteiger partial charge on any atom is 0.435 e. The molecule has 0 radical (unpaired) electrons. The SMILES string of the molecule is Cn1c(-c2cn(-c3ccnc(N)c3)nc2C(F)(F)F)cnc1C(=O)Nc1ccc(C(=O)N2CCN(C(=O)C3CC[N+](CC(=O)O)(CC4CNC4)CC3)CC2)c(Cl)c1. The van der Waals surface area contributed by atoms with Gasteiger partial charge in [-0.3, -0.25) is 14.4 Å². The van der Waals surface area contributed by atoms with Crippen LogP contribution in [0.1, 0.15) is 39.5 Å². The van der Waals surface area contributed by atoms with Crippen molar-refractivity contribution in [3.63, 3.8) is 0 Å². The number of alkyl halides is 3. The number of carboxylic acids is 1. The number of amides is 3. The molecule has 57 heavy (non-hydrogen) atoms. The smallest absolute Gasteiger partial charge is 0.435 e. The molecule has 1 aromatic carbocycles. The zero-order valence-corrected chi connectivity index (χ0v) is 31.8. The number of aliphatic carboxylic acids is 1. The van der Waals surface area contributed by atoms with E-state index in [9.17, 15) is 37.5 Å². The number of hydrogen-bond acceptors (Lipinski definition) is 9. The molecule has 0 bridgehead atoms. The Morgan fingerprint density at radius 1 is 1.04 bits per heavy atom. The number of carbonyl (C=O) groups excluding carboxylic acids is 3. The summed E-state index contributed by atoms with van der Waals surface area (Å²) in [6, 6.07) is 7.18. The number of benzene rings is 1. The van der Waals surface area contributed by atoms with E-state index in [0.29, 0.717) is 62.5 Å². The van der Waals surface area contributed by atoms with E-state index in [1.807, 2.05) is 0 Å². The number of piperidine rings is 1. The largest absolute Gasteiger partial charge is 0.477 e. The minimum Gasteiger partial charge on any atom is -0.477 e. The van der Waals surface area contributed by atoms with Gasteiger partial charge in [0.25, 0.3) is 11.8 Å². The Morgan fingerprint density at radius 3 is 2.35 bits per heavy atom. The summed E-state index contributed by atoms with van der Waals surface area (Å²) in [6.07, 6.45) is 0.0793. The second kappa shape index (κ2) is 15.8. The molecule has 7 rings (SSSR count). The zero-order chi connectivity index (χ0) is 40.6. The fraction of sp³-hybridized carbons (Fsp3) is 0.432. The molecule has 3 aliphatic rings. The van der Waals surface area contributed by atoms with E-state index >= 15 is 0 Å². The number of nitrogens with zero attached hydrogens (tertiary/aromatic N) is 8. The number of likely N-dealkylation sites (tertiary alicyclic amines) is 1. The molecule has 5 N–H and O–H groups in total. The van der Waals surface area contributed by atoms with Crippen molar-refractivity contribution in [2.24, 2.45) is 18.9 Å². The molecule has 0 aliphatic carbocycles. The van der Waals surface area contributed by atoms with Crippen molar-refractivity contribution in [2.75, 3.05) is 76.5 Å².